The van der Waals surface area contributed by atoms with Gasteiger partial charge in [-0.05, 0) is 29.8 Å². The Morgan fingerprint density at radius 3 is 2.30 bits per heavy atom. The second-order valence-electron chi connectivity index (χ2n) is 5.47. The summed E-state index contributed by atoms with van der Waals surface area (Å²) in [5, 5.41) is 8.63. The van der Waals surface area contributed by atoms with Crippen LogP contribution in [0.25, 0.3) is 0 Å². The Morgan fingerprint density at radius 2 is 1.70 bits per heavy atom. The van der Waals surface area contributed by atoms with Crippen LogP contribution in [0.5, 0.6) is 0 Å². The molecule has 0 aliphatic carbocycles. The molecule has 0 atom stereocenters. The molecule has 0 bridgehead atoms. The largest absolute Gasteiger partial charge is 0.296 e. The van der Waals surface area contributed by atoms with Crippen LogP contribution in [0.3, 0.4) is 0 Å². The van der Waals surface area contributed by atoms with Crippen molar-refractivity contribution in [3.05, 3.63) is 70.7 Å². The van der Waals surface area contributed by atoms with E-state index in [1.54, 1.807) is 18.2 Å². The minimum atomic E-state index is -3.49. The van der Waals surface area contributed by atoms with Crippen LogP contribution < -0.4 is 5.32 Å². The average Bonchev–Trinajstić information content (AvgIpc) is 3.11. The molecule has 1 heterocycles. The number of alkyl halides is 2. The van der Waals surface area contributed by atoms with Gasteiger partial charge in [0, 0.05) is 5.56 Å². The highest BCUT2D eigenvalue weighted by molar-refractivity contribution is 7.90. The second-order valence-corrected chi connectivity index (χ2v) is 8.47. The van der Waals surface area contributed by atoms with Crippen LogP contribution in [0, 0.1) is 0 Å². The maximum atomic E-state index is 12.5. The van der Waals surface area contributed by atoms with Crippen molar-refractivity contribution in [1.29, 1.82) is 0 Å². The van der Waals surface area contributed by atoms with Crippen molar-refractivity contribution in [2.75, 3.05) is 5.32 Å². The number of anilines is 1. The summed E-state index contributed by atoms with van der Waals surface area (Å²) in [6.45, 7) is 0. The van der Waals surface area contributed by atoms with E-state index in [1.165, 1.54) is 36.4 Å². The lowest BCUT2D eigenvalue weighted by atomic mass is 10.1. The van der Waals surface area contributed by atoms with Crippen LogP contribution in [-0.2, 0) is 15.6 Å². The van der Waals surface area contributed by atoms with E-state index >= 15 is 0 Å². The molecule has 10 heteroatoms. The highest BCUT2D eigenvalue weighted by Crippen LogP contribution is 2.25. The number of hydrogen-bond acceptors (Lipinski definition) is 6. The molecule has 6 nitrogen and oxygen atoms in total. The van der Waals surface area contributed by atoms with Gasteiger partial charge in [0.1, 0.15) is 0 Å². The van der Waals surface area contributed by atoms with Crippen LogP contribution in [-0.4, -0.2) is 24.5 Å². The van der Waals surface area contributed by atoms with Gasteiger partial charge in [0.05, 0.1) is 10.6 Å². The summed E-state index contributed by atoms with van der Waals surface area (Å²) >= 11 is 0.589. The summed E-state index contributed by atoms with van der Waals surface area (Å²) in [4.78, 5) is 12.4. The highest BCUT2D eigenvalue weighted by atomic mass is 32.2. The van der Waals surface area contributed by atoms with Gasteiger partial charge in [0.25, 0.3) is 12.3 Å². The first kappa shape index (κ1) is 19.1. The van der Waals surface area contributed by atoms with E-state index in [1.807, 2.05) is 0 Å². The Morgan fingerprint density at radius 1 is 1.04 bits per heavy atom. The highest BCUT2D eigenvalue weighted by Gasteiger charge is 2.17. The Kier molecular flexibility index (Phi) is 5.57. The molecule has 0 fully saturated rings. The molecule has 0 unspecified atom stereocenters. The summed E-state index contributed by atoms with van der Waals surface area (Å²) in [5.74, 6) is -0.753. The third-order valence-corrected chi connectivity index (χ3v) is 6.07. The number of nitrogens with zero attached hydrogens (tertiary/aromatic N) is 2. The van der Waals surface area contributed by atoms with Gasteiger partial charge in [-0.1, -0.05) is 41.7 Å². The molecule has 2 aromatic carbocycles. The average molecular weight is 409 g/mol. The Hall–Kier alpha value is -2.72. The van der Waals surface area contributed by atoms with E-state index in [4.69, 9.17) is 0 Å². The van der Waals surface area contributed by atoms with Crippen molar-refractivity contribution in [2.45, 2.75) is 17.1 Å². The van der Waals surface area contributed by atoms with Gasteiger partial charge in [-0.25, -0.2) is 17.2 Å². The number of carbonyl (C=O) groups excluding carboxylic acids is 1. The van der Waals surface area contributed by atoms with Gasteiger partial charge < -0.3 is 0 Å². The third kappa shape index (κ3) is 4.72. The van der Waals surface area contributed by atoms with Crippen molar-refractivity contribution in [1.82, 2.24) is 10.2 Å². The van der Waals surface area contributed by atoms with E-state index in [0.29, 0.717) is 16.9 Å². The monoisotopic (exact) mass is 409 g/mol. The van der Waals surface area contributed by atoms with Crippen molar-refractivity contribution >= 4 is 32.2 Å². The van der Waals surface area contributed by atoms with Crippen LogP contribution in [0.4, 0.5) is 13.9 Å². The summed E-state index contributed by atoms with van der Waals surface area (Å²) in [6, 6.07) is 14.0. The Bertz CT molecular complexity index is 1040. The number of hydrogen-bond donors (Lipinski definition) is 1. The molecule has 0 aliphatic rings. The van der Waals surface area contributed by atoms with E-state index in [9.17, 15) is 22.0 Å². The standard InChI is InChI=1S/C17H13F2N3O3S2/c18-14(19)16-21-22-17(26-16)20-15(23)12-8-6-11(7-9-12)10-27(24,25)13-4-2-1-3-5-13/h1-9,14H,10H2,(H,20,22,23). The molecule has 0 saturated carbocycles. The first-order valence-electron chi connectivity index (χ1n) is 7.65. The molecule has 1 N–H and O–H groups in total. The van der Waals surface area contributed by atoms with Crippen molar-refractivity contribution in [3.8, 4) is 0 Å². The Balaban J connectivity index is 1.68. The lowest BCUT2D eigenvalue weighted by molar-refractivity contribution is 0.102. The predicted octanol–water partition coefficient (Wildman–Crippen LogP) is 3.70. The van der Waals surface area contributed by atoms with Gasteiger partial charge in [0.15, 0.2) is 14.8 Å². The van der Waals surface area contributed by atoms with Gasteiger partial charge >= 0.3 is 0 Å². The first-order chi connectivity index (χ1) is 12.8. The molecule has 0 aliphatic heterocycles. The maximum absolute atomic E-state index is 12.5. The minimum Gasteiger partial charge on any atom is -0.296 e. The van der Waals surface area contributed by atoms with Crippen LogP contribution >= 0.6 is 11.3 Å². The first-order valence-corrected chi connectivity index (χ1v) is 10.1. The number of sulfone groups is 1. The maximum Gasteiger partial charge on any atom is 0.291 e. The van der Waals surface area contributed by atoms with Gasteiger partial charge in [-0.15, -0.1) is 10.2 Å². The van der Waals surface area contributed by atoms with Crippen molar-refractivity contribution in [3.63, 3.8) is 0 Å². The molecule has 0 saturated heterocycles. The van der Waals surface area contributed by atoms with Gasteiger partial charge in [0.2, 0.25) is 5.13 Å². The van der Waals surface area contributed by atoms with E-state index in [0.717, 1.165) is 0 Å². The molecule has 140 valence electrons. The molecular formula is C17H13F2N3O3S2. The molecular weight excluding hydrogens is 396 g/mol. The zero-order chi connectivity index (χ0) is 19.4. The van der Waals surface area contributed by atoms with Crippen LogP contribution in [0.1, 0.15) is 27.4 Å². The molecule has 27 heavy (non-hydrogen) atoms. The summed E-state index contributed by atoms with van der Waals surface area (Å²) in [7, 11) is -3.49. The third-order valence-electron chi connectivity index (χ3n) is 3.52. The topological polar surface area (TPSA) is 89.0 Å². The molecule has 0 radical (unpaired) electrons. The number of nitrogens with one attached hydrogen (secondary N) is 1. The van der Waals surface area contributed by atoms with Crippen LogP contribution in [0.2, 0.25) is 0 Å². The fraction of sp³-hybridized carbons (Fsp3) is 0.118. The molecule has 0 spiro atoms. The SMILES string of the molecule is O=C(Nc1nnc(C(F)F)s1)c1ccc(CS(=O)(=O)c2ccccc2)cc1. The number of carbonyl (C=O) groups is 1. The smallest absolute Gasteiger partial charge is 0.291 e. The van der Waals surface area contributed by atoms with Gasteiger partial charge in [-0.2, -0.15) is 0 Å². The normalized spacial score (nSPS) is 11.5. The second kappa shape index (κ2) is 7.89. The van der Waals surface area contributed by atoms with E-state index in [-0.39, 0.29) is 21.3 Å². The molecule has 1 aromatic heterocycles. The lowest BCUT2D eigenvalue weighted by Gasteiger charge is -2.06. The zero-order valence-corrected chi connectivity index (χ0v) is 15.3. The molecule has 3 aromatic rings. The lowest BCUT2D eigenvalue weighted by Crippen LogP contribution is -2.12. The predicted molar refractivity (Wildman–Crippen MR) is 96.6 cm³/mol. The molecule has 1 amide bonds. The van der Waals surface area contributed by atoms with Crippen molar-refractivity contribution in [2.24, 2.45) is 0 Å². The summed E-state index contributed by atoms with van der Waals surface area (Å²) < 4.78 is 49.7. The van der Waals surface area contributed by atoms with E-state index in [2.05, 4.69) is 15.5 Å². The summed E-state index contributed by atoms with van der Waals surface area (Å²) in [6.07, 6.45) is -2.75. The fourth-order valence-electron chi connectivity index (χ4n) is 2.23. The Labute approximate surface area is 157 Å². The fourth-order valence-corrected chi connectivity index (χ4v) is 4.19. The number of rotatable bonds is 6. The quantitative estimate of drug-likeness (QED) is 0.671. The minimum absolute atomic E-state index is 0.0361. The number of benzene rings is 2. The van der Waals surface area contributed by atoms with Gasteiger partial charge in [-0.3, -0.25) is 10.1 Å². The number of amides is 1. The summed E-state index contributed by atoms with van der Waals surface area (Å²) in [5.41, 5.74) is 0.760. The number of aromatic nitrogens is 2. The number of halogens is 2. The zero-order valence-electron chi connectivity index (χ0n) is 13.7. The van der Waals surface area contributed by atoms with E-state index < -0.39 is 27.2 Å². The van der Waals surface area contributed by atoms with Crippen molar-refractivity contribution < 1.29 is 22.0 Å². The van der Waals surface area contributed by atoms with Crippen LogP contribution in [0.15, 0.2) is 59.5 Å². The molecule has 3 rings (SSSR count).